The first-order chi connectivity index (χ1) is 16.4. The third kappa shape index (κ3) is 7.56. The zero-order valence-corrected chi connectivity index (χ0v) is 22.8. The predicted octanol–water partition coefficient (Wildman–Crippen LogP) is 4.10. The highest BCUT2D eigenvalue weighted by atomic mass is 32.2. The Labute approximate surface area is 210 Å². The molecule has 2 aromatic rings. The number of benzene rings is 2. The van der Waals surface area contributed by atoms with E-state index in [-0.39, 0.29) is 25.0 Å². The van der Waals surface area contributed by atoms with Crippen LogP contribution in [-0.4, -0.2) is 50.0 Å². The van der Waals surface area contributed by atoms with Gasteiger partial charge in [0.15, 0.2) is 0 Å². The molecular weight excluding hydrogens is 462 g/mol. The topological polar surface area (TPSA) is 86.8 Å². The van der Waals surface area contributed by atoms with Crippen molar-refractivity contribution in [2.45, 2.75) is 73.0 Å². The fourth-order valence-corrected chi connectivity index (χ4v) is 4.67. The summed E-state index contributed by atoms with van der Waals surface area (Å²) in [7, 11) is -3.75. The van der Waals surface area contributed by atoms with Gasteiger partial charge in [0.25, 0.3) is 0 Å². The first-order valence-electron chi connectivity index (χ1n) is 12.1. The summed E-state index contributed by atoms with van der Waals surface area (Å²) in [5.74, 6) is -0.663. The van der Waals surface area contributed by atoms with E-state index in [9.17, 15) is 18.0 Å². The Bertz CT molecular complexity index is 1150. The highest BCUT2D eigenvalue weighted by Crippen LogP contribution is 2.23. The average Bonchev–Trinajstić information content (AvgIpc) is 2.79. The summed E-state index contributed by atoms with van der Waals surface area (Å²) < 4.78 is 26.6. The molecule has 7 nitrogen and oxygen atoms in total. The van der Waals surface area contributed by atoms with Gasteiger partial charge in [-0.25, -0.2) is 8.42 Å². The molecular formula is C27H39N3O4S. The number of carbonyl (C=O) groups is 2. The lowest BCUT2D eigenvalue weighted by Gasteiger charge is -2.33. The minimum atomic E-state index is -3.75. The monoisotopic (exact) mass is 501 g/mol. The Balaban J connectivity index is 2.47. The van der Waals surface area contributed by atoms with Gasteiger partial charge in [-0.2, -0.15) is 0 Å². The number of hydrogen-bond acceptors (Lipinski definition) is 4. The van der Waals surface area contributed by atoms with Crippen molar-refractivity contribution in [2.75, 3.05) is 17.1 Å². The lowest BCUT2D eigenvalue weighted by molar-refractivity contribution is -0.140. The Morgan fingerprint density at radius 1 is 0.943 bits per heavy atom. The smallest absolute Gasteiger partial charge is 0.244 e. The van der Waals surface area contributed by atoms with Crippen molar-refractivity contribution in [1.82, 2.24) is 10.2 Å². The van der Waals surface area contributed by atoms with E-state index in [4.69, 9.17) is 0 Å². The number of rotatable bonds is 11. The molecule has 0 aliphatic heterocycles. The molecule has 0 aliphatic carbocycles. The minimum absolute atomic E-state index is 0.0324. The van der Waals surface area contributed by atoms with E-state index in [0.717, 1.165) is 39.2 Å². The zero-order valence-electron chi connectivity index (χ0n) is 22.0. The number of hydrogen-bond donors (Lipinski definition) is 1. The van der Waals surface area contributed by atoms with Crippen LogP contribution < -0.4 is 9.62 Å². The normalized spacial score (nSPS) is 13.1. The van der Waals surface area contributed by atoms with Gasteiger partial charge < -0.3 is 10.2 Å². The molecule has 2 aromatic carbocycles. The molecule has 0 aliphatic rings. The standard InChI is InChI=1S/C27H39N3O4S/c1-8-22(6)28-27(32)25(9-2)29(17-23-13-11-10-12-20(23)4)26(31)18-30(35(7,33)34)24-15-14-19(3)21(5)16-24/h10-16,22,25H,8-9,17-18H2,1-7H3,(H,28,32)/t22-,25+/m0/s1. The summed E-state index contributed by atoms with van der Waals surface area (Å²) in [6.07, 6.45) is 2.26. The molecule has 192 valence electrons. The molecule has 0 aromatic heterocycles. The molecule has 0 fully saturated rings. The van der Waals surface area contributed by atoms with E-state index in [2.05, 4.69) is 5.32 Å². The number of nitrogens with zero attached hydrogens (tertiary/aromatic N) is 2. The van der Waals surface area contributed by atoms with Gasteiger partial charge in [0.1, 0.15) is 12.6 Å². The number of nitrogens with one attached hydrogen (secondary N) is 1. The van der Waals surface area contributed by atoms with Crippen LogP contribution in [0.3, 0.4) is 0 Å². The quantitative estimate of drug-likeness (QED) is 0.502. The van der Waals surface area contributed by atoms with Crippen molar-refractivity contribution in [3.63, 3.8) is 0 Å². The maximum Gasteiger partial charge on any atom is 0.244 e. The molecule has 0 bridgehead atoms. The number of carbonyl (C=O) groups excluding carboxylic acids is 2. The lowest BCUT2D eigenvalue weighted by atomic mass is 10.1. The van der Waals surface area contributed by atoms with E-state index >= 15 is 0 Å². The lowest BCUT2D eigenvalue weighted by Crippen LogP contribution is -2.53. The zero-order chi connectivity index (χ0) is 26.3. The molecule has 0 spiro atoms. The van der Waals surface area contributed by atoms with Crippen molar-refractivity contribution < 1.29 is 18.0 Å². The molecule has 2 atom stereocenters. The van der Waals surface area contributed by atoms with E-state index in [1.807, 2.05) is 71.9 Å². The van der Waals surface area contributed by atoms with Crippen LogP contribution in [0.1, 0.15) is 55.9 Å². The fraction of sp³-hybridized carbons (Fsp3) is 0.481. The van der Waals surface area contributed by atoms with Crippen LogP contribution in [0.15, 0.2) is 42.5 Å². The summed E-state index contributed by atoms with van der Waals surface area (Å²) in [6, 6.07) is 12.2. The van der Waals surface area contributed by atoms with Crippen LogP contribution in [-0.2, 0) is 26.2 Å². The second-order valence-electron chi connectivity index (χ2n) is 9.23. The van der Waals surface area contributed by atoms with E-state index in [1.54, 1.807) is 12.1 Å². The Hall–Kier alpha value is -2.87. The van der Waals surface area contributed by atoms with Gasteiger partial charge in [-0.3, -0.25) is 13.9 Å². The van der Waals surface area contributed by atoms with Gasteiger partial charge in [-0.05, 0) is 74.9 Å². The molecule has 8 heteroatoms. The number of aryl methyl sites for hydroxylation is 3. The third-order valence-corrected chi connectivity index (χ3v) is 7.59. The third-order valence-electron chi connectivity index (χ3n) is 6.45. The summed E-state index contributed by atoms with van der Waals surface area (Å²) in [5, 5.41) is 2.98. The highest BCUT2D eigenvalue weighted by molar-refractivity contribution is 7.92. The predicted molar refractivity (Wildman–Crippen MR) is 142 cm³/mol. The van der Waals surface area contributed by atoms with Crippen LogP contribution in [0.4, 0.5) is 5.69 Å². The van der Waals surface area contributed by atoms with Gasteiger partial charge in [0.2, 0.25) is 21.8 Å². The summed E-state index contributed by atoms with van der Waals surface area (Å²) in [5.41, 5.74) is 4.29. The first-order valence-corrected chi connectivity index (χ1v) is 13.9. The van der Waals surface area contributed by atoms with Crippen LogP contribution >= 0.6 is 0 Å². The Morgan fingerprint density at radius 3 is 2.14 bits per heavy atom. The summed E-state index contributed by atoms with van der Waals surface area (Å²) in [6.45, 7) is 11.4. The molecule has 0 saturated heterocycles. The van der Waals surface area contributed by atoms with E-state index < -0.39 is 22.0 Å². The van der Waals surface area contributed by atoms with Gasteiger partial charge in [-0.15, -0.1) is 0 Å². The number of anilines is 1. The minimum Gasteiger partial charge on any atom is -0.352 e. The molecule has 0 unspecified atom stereocenters. The van der Waals surface area contributed by atoms with Gasteiger partial charge in [0.05, 0.1) is 11.9 Å². The Morgan fingerprint density at radius 2 is 1.60 bits per heavy atom. The van der Waals surface area contributed by atoms with Crippen LogP contribution in [0.25, 0.3) is 0 Å². The largest absolute Gasteiger partial charge is 0.352 e. The average molecular weight is 502 g/mol. The van der Waals surface area contributed by atoms with Crippen LogP contribution in [0.2, 0.25) is 0 Å². The maximum absolute atomic E-state index is 13.7. The molecule has 35 heavy (non-hydrogen) atoms. The summed E-state index contributed by atoms with van der Waals surface area (Å²) in [4.78, 5) is 28.4. The van der Waals surface area contributed by atoms with Crippen molar-refractivity contribution in [1.29, 1.82) is 0 Å². The van der Waals surface area contributed by atoms with Gasteiger partial charge in [0, 0.05) is 12.6 Å². The molecule has 0 saturated carbocycles. The van der Waals surface area contributed by atoms with Gasteiger partial charge in [-0.1, -0.05) is 44.2 Å². The van der Waals surface area contributed by atoms with Crippen LogP contribution in [0, 0.1) is 20.8 Å². The molecule has 2 amide bonds. The van der Waals surface area contributed by atoms with Gasteiger partial charge >= 0.3 is 0 Å². The van der Waals surface area contributed by atoms with Crippen LogP contribution in [0.5, 0.6) is 0 Å². The maximum atomic E-state index is 13.7. The first kappa shape index (κ1) is 28.4. The van der Waals surface area contributed by atoms with Crippen molar-refractivity contribution in [3.8, 4) is 0 Å². The molecule has 1 N–H and O–H groups in total. The SMILES string of the molecule is CC[C@H](C(=O)N[C@@H](C)CC)N(Cc1ccccc1C)C(=O)CN(c1ccc(C)c(C)c1)S(C)(=O)=O. The second-order valence-corrected chi connectivity index (χ2v) is 11.1. The van der Waals surface area contributed by atoms with Crippen molar-refractivity contribution in [3.05, 3.63) is 64.7 Å². The highest BCUT2D eigenvalue weighted by Gasteiger charge is 2.32. The van der Waals surface area contributed by atoms with Crippen molar-refractivity contribution >= 4 is 27.5 Å². The number of sulfonamides is 1. The van der Waals surface area contributed by atoms with E-state index in [1.165, 1.54) is 4.90 Å². The van der Waals surface area contributed by atoms with Crippen molar-refractivity contribution in [2.24, 2.45) is 0 Å². The summed E-state index contributed by atoms with van der Waals surface area (Å²) >= 11 is 0. The fourth-order valence-electron chi connectivity index (χ4n) is 3.83. The second kappa shape index (κ2) is 12.2. The number of amides is 2. The Kier molecular flexibility index (Phi) is 9.89. The molecule has 0 radical (unpaired) electrons. The van der Waals surface area contributed by atoms with E-state index in [0.29, 0.717) is 12.1 Å². The molecule has 0 heterocycles. The molecule has 2 rings (SSSR count).